The molecule has 0 rings (SSSR count). The van der Waals surface area contributed by atoms with Gasteiger partial charge in [0.05, 0.1) is 0 Å². The molecule has 1 nitrogen and oxygen atoms in total. The third-order valence-electron chi connectivity index (χ3n) is 11.5. The fourth-order valence-electron chi connectivity index (χ4n) is 7.98. The Morgan fingerprint density at radius 2 is 0.449 bits per heavy atom. The maximum Gasteiger partial charge on any atom is 0.135 e. The van der Waals surface area contributed by atoms with E-state index in [-0.39, 0.29) is 0 Å². The van der Waals surface area contributed by atoms with E-state index in [1.54, 1.807) is 0 Å². The van der Waals surface area contributed by atoms with Gasteiger partial charge in [-0.1, -0.05) is 271 Å². The normalized spacial score (nSPS) is 11.7. The molecule has 0 atom stereocenters. The number of unbranched alkanes of at least 4 members (excludes halogenated alkanes) is 37. The van der Waals surface area contributed by atoms with E-state index in [0.29, 0.717) is 11.7 Å². The molecule has 0 fully saturated rings. The molecule has 294 valence electrons. The van der Waals surface area contributed by atoms with Gasteiger partial charge < -0.3 is 0 Å². The van der Waals surface area contributed by atoms with Crippen molar-refractivity contribution in [2.45, 2.75) is 297 Å². The van der Waals surface area contributed by atoms with Crippen molar-refractivity contribution in [1.82, 2.24) is 0 Å². The smallest absolute Gasteiger partial charge is 0.135 e. The summed E-state index contributed by atoms with van der Waals surface area (Å²) in [6.45, 7) is 6.91. The van der Waals surface area contributed by atoms with Gasteiger partial charge in [-0.15, -0.1) is 0 Å². The van der Waals surface area contributed by atoms with Crippen LogP contribution in [0.15, 0.2) is 0 Å². The summed E-state index contributed by atoms with van der Waals surface area (Å²) in [5, 5.41) is 0. The molecule has 1 heteroatoms. The lowest BCUT2D eigenvalue weighted by Crippen LogP contribution is -2.14. The van der Waals surface area contributed by atoms with Crippen molar-refractivity contribution < 1.29 is 4.79 Å². The summed E-state index contributed by atoms with van der Waals surface area (Å²) in [6.07, 6.45) is 59.2. The van der Waals surface area contributed by atoms with Gasteiger partial charge in [-0.25, -0.2) is 0 Å². The van der Waals surface area contributed by atoms with E-state index >= 15 is 0 Å². The van der Waals surface area contributed by atoms with Gasteiger partial charge >= 0.3 is 0 Å². The Kier molecular flexibility index (Phi) is 43.5. The van der Waals surface area contributed by atoms with Gasteiger partial charge in [-0.2, -0.15) is 0 Å². The molecule has 0 N–H and O–H groups in total. The molecule has 0 aromatic rings. The van der Waals surface area contributed by atoms with Gasteiger partial charge in [0.15, 0.2) is 0 Å². The SMILES string of the molecule is CCCCCCCCCCCCCCCCC(CCCCCCCCCCCCCCCC)C(=O)CCCCCCCCCCCCCC. The average Bonchev–Trinajstić information content (AvgIpc) is 3.11. The summed E-state index contributed by atoms with van der Waals surface area (Å²) in [5.74, 6) is 0.985. The largest absolute Gasteiger partial charge is 0.299 e. The molecule has 0 aromatic heterocycles. The summed E-state index contributed by atoms with van der Waals surface area (Å²) < 4.78 is 0. The minimum absolute atomic E-state index is 0.363. The standard InChI is InChI=1S/C48H96O/c1-4-7-10-13-16-19-22-25-27-29-32-35-38-41-44-47(45-42-39-36-33-30-28-26-23-20-17-14-11-8-5-2)48(49)46-43-40-37-34-31-24-21-18-15-12-9-6-3/h47H,4-46H2,1-3H3. The van der Waals surface area contributed by atoms with E-state index in [0.717, 1.165) is 12.8 Å². The quantitative estimate of drug-likeness (QED) is 0.0582. The first-order valence-electron chi connectivity index (χ1n) is 23.8. The predicted molar refractivity (Wildman–Crippen MR) is 224 cm³/mol. The number of Topliss-reactive ketones (excluding diaryl/α,β-unsaturated/α-hetero) is 1. The van der Waals surface area contributed by atoms with Crippen molar-refractivity contribution in [1.29, 1.82) is 0 Å². The van der Waals surface area contributed by atoms with Crippen LogP contribution in [0.5, 0.6) is 0 Å². The maximum absolute atomic E-state index is 13.4. The van der Waals surface area contributed by atoms with Gasteiger partial charge in [-0.05, 0) is 19.3 Å². The molecule has 0 saturated carbocycles. The second-order valence-electron chi connectivity index (χ2n) is 16.6. The van der Waals surface area contributed by atoms with Crippen LogP contribution in [0.1, 0.15) is 297 Å². The van der Waals surface area contributed by atoms with Crippen LogP contribution in [0, 0.1) is 5.92 Å². The molecular formula is C48H96O. The van der Waals surface area contributed by atoms with Crippen LogP contribution in [0.2, 0.25) is 0 Å². The van der Waals surface area contributed by atoms with E-state index < -0.39 is 0 Å². The summed E-state index contributed by atoms with van der Waals surface area (Å²) >= 11 is 0. The molecule has 0 saturated heterocycles. The topological polar surface area (TPSA) is 17.1 Å². The van der Waals surface area contributed by atoms with Gasteiger partial charge in [-0.3, -0.25) is 4.79 Å². The van der Waals surface area contributed by atoms with Crippen LogP contribution in [-0.4, -0.2) is 5.78 Å². The van der Waals surface area contributed by atoms with Crippen molar-refractivity contribution in [3.63, 3.8) is 0 Å². The first-order chi connectivity index (χ1) is 24.3. The first kappa shape index (κ1) is 48.7. The summed E-state index contributed by atoms with van der Waals surface area (Å²) in [7, 11) is 0. The van der Waals surface area contributed by atoms with E-state index in [4.69, 9.17) is 0 Å². The van der Waals surface area contributed by atoms with Crippen molar-refractivity contribution in [3.8, 4) is 0 Å². The Labute approximate surface area is 312 Å². The van der Waals surface area contributed by atoms with Crippen molar-refractivity contribution in [2.75, 3.05) is 0 Å². The molecule has 0 radical (unpaired) electrons. The fraction of sp³-hybridized carbons (Fsp3) is 0.979. The number of ketones is 1. The second kappa shape index (κ2) is 43.8. The van der Waals surface area contributed by atoms with Crippen molar-refractivity contribution >= 4 is 5.78 Å². The molecule has 0 bridgehead atoms. The van der Waals surface area contributed by atoms with Gasteiger partial charge in [0.2, 0.25) is 0 Å². The molecule has 0 aliphatic carbocycles. The lowest BCUT2D eigenvalue weighted by molar-refractivity contribution is -0.123. The van der Waals surface area contributed by atoms with E-state index in [2.05, 4.69) is 20.8 Å². The zero-order chi connectivity index (χ0) is 35.6. The second-order valence-corrected chi connectivity index (χ2v) is 16.6. The average molecular weight is 689 g/mol. The Balaban J connectivity index is 4.07. The summed E-state index contributed by atoms with van der Waals surface area (Å²) in [6, 6.07) is 0. The van der Waals surface area contributed by atoms with Gasteiger partial charge in [0.25, 0.3) is 0 Å². The molecule has 0 aromatic carbocycles. The van der Waals surface area contributed by atoms with Gasteiger partial charge in [0.1, 0.15) is 5.78 Å². The number of hydrogen-bond donors (Lipinski definition) is 0. The van der Waals surface area contributed by atoms with E-state index in [1.165, 1.54) is 263 Å². The summed E-state index contributed by atoms with van der Waals surface area (Å²) in [4.78, 5) is 13.4. The highest BCUT2D eigenvalue weighted by Crippen LogP contribution is 2.23. The molecule has 0 amide bonds. The number of carbonyl (C=O) groups is 1. The first-order valence-corrected chi connectivity index (χ1v) is 23.8. The van der Waals surface area contributed by atoms with Crippen LogP contribution in [0.4, 0.5) is 0 Å². The Morgan fingerprint density at radius 3 is 0.673 bits per heavy atom. The number of carbonyl (C=O) groups excluding carboxylic acids is 1. The predicted octanol–water partition coefficient (Wildman–Crippen LogP) is 18.0. The Morgan fingerprint density at radius 1 is 0.265 bits per heavy atom. The minimum atomic E-state index is 0.363. The van der Waals surface area contributed by atoms with Crippen LogP contribution >= 0.6 is 0 Å². The van der Waals surface area contributed by atoms with Gasteiger partial charge in [0, 0.05) is 12.3 Å². The van der Waals surface area contributed by atoms with Crippen LogP contribution in [0.25, 0.3) is 0 Å². The fourth-order valence-corrected chi connectivity index (χ4v) is 7.98. The highest BCUT2D eigenvalue weighted by atomic mass is 16.1. The molecular weight excluding hydrogens is 593 g/mol. The Bertz CT molecular complexity index is 564. The van der Waals surface area contributed by atoms with E-state index in [1.807, 2.05) is 0 Å². The van der Waals surface area contributed by atoms with Crippen LogP contribution in [0.3, 0.4) is 0 Å². The molecule has 0 aliphatic heterocycles. The molecule has 0 aliphatic rings. The molecule has 0 unspecified atom stereocenters. The molecule has 0 heterocycles. The zero-order valence-electron chi connectivity index (χ0n) is 34.9. The lowest BCUT2D eigenvalue weighted by atomic mass is 9.88. The third kappa shape index (κ3) is 40.3. The van der Waals surface area contributed by atoms with E-state index in [9.17, 15) is 4.79 Å². The zero-order valence-corrected chi connectivity index (χ0v) is 34.9. The monoisotopic (exact) mass is 689 g/mol. The molecule has 49 heavy (non-hydrogen) atoms. The highest BCUT2D eigenvalue weighted by Gasteiger charge is 2.17. The lowest BCUT2D eigenvalue weighted by Gasteiger charge is -2.16. The number of rotatable bonds is 44. The van der Waals surface area contributed by atoms with Crippen LogP contribution in [-0.2, 0) is 4.79 Å². The molecule has 0 spiro atoms. The maximum atomic E-state index is 13.4. The minimum Gasteiger partial charge on any atom is -0.299 e. The highest BCUT2D eigenvalue weighted by molar-refractivity contribution is 5.80. The Hall–Kier alpha value is -0.330. The summed E-state index contributed by atoms with van der Waals surface area (Å²) in [5.41, 5.74) is 0. The van der Waals surface area contributed by atoms with Crippen molar-refractivity contribution in [2.24, 2.45) is 5.92 Å². The third-order valence-corrected chi connectivity index (χ3v) is 11.5. The number of hydrogen-bond acceptors (Lipinski definition) is 1. The van der Waals surface area contributed by atoms with Crippen molar-refractivity contribution in [3.05, 3.63) is 0 Å². The van der Waals surface area contributed by atoms with Crippen LogP contribution < -0.4 is 0 Å².